The third-order valence-electron chi connectivity index (χ3n) is 4.54. The van der Waals surface area contributed by atoms with E-state index in [2.05, 4.69) is 0 Å². The topological polar surface area (TPSA) is 40.6 Å². The zero-order valence-electron chi connectivity index (χ0n) is 15.1. The summed E-state index contributed by atoms with van der Waals surface area (Å²) >= 11 is 7.53. The first-order chi connectivity index (χ1) is 13.6. The summed E-state index contributed by atoms with van der Waals surface area (Å²) in [5.41, 5.74) is 2.36. The fraction of sp³-hybridized carbons (Fsp3) is 0.0909. The highest BCUT2D eigenvalue weighted by Crippen LogP contribution is 2.37. The molecule has 1 aliphatic heterocycles. The van der Waals surface area contributed by atoms with Gasteiger partial charge in [-0.1, -0.05) is 54.1 Å². The van der Waals surface area contributed by atoms with Gasteiger partial charge in [0.15, 0.2) is 0 Å². The molecule has 2 heterocycles. The third-order valence-corrected chi connectivity index (χ3v) is 5.66. The molecule has 0 fully saturated rings. The number of carbonyl (C=O) groups excluding carboxylic acids is 2. The Hall–Kier alpha value is -2.89. The SMILES string of the molecule is CN(Cc1ccccc1)C1=C(c2cccs2)C(=O)N(c2cccc(Cl)c2)C1=O. The van der Waals surface area contributed by atoms with Gasteiger partial charge in [0.25, 0.3) is 11.8 Å². The molecule has 3 aromatic rings. The van der Waals surface area contributed by atoms with Gasteiger partial charge in [-0.05, 0) is 35.2 Å². The van der Waals surface area contributed by atoms with E-state index in [1.807, 2.05) is 59.8 Å². The molecule has 6 heteroatoms. The van der Waals surface area contributed by atoms with Crippen molar-refractivity contribution in [3.8, 4) is 0 Å². The number of benzene rings is 2. The van der Waals surface area contributed by atoms with Gasteiger partial charge < -0.3 is 4.90 Å². The summed E-state index contributed by atoms with van der Waals surface area (Å²) in [6.45, 7) is 0.521. The lowest BCUT2D eigenvalue weighted by molar-refractivity contribution is -0.120. The Morgan fingerprint density at radius 1 is 0.964 bits per heavy atom. The summed E-state index contributed by atoms with van der Waals surface area (Å²) in [5, 5.41) is 2.37. The van der Waals surface area contributed by atoms with Crippen molar-refractivity contribution >= 4 is 46.0 Å². The summed E-state index contributed by atoms with van der Waals surface area (Å²) in [7, 11) is 1.84. The first kappa shape index (κ1) is 18.5. The second kappa shape index (κ2) is 7.62. The van der Waals surface area contributed by atoms with Gasteiger partial charge in [0.05, 0.1) is 11.3 Å². The normalized spacial score (nSPS) is 14.1. The number of hydrogen-bond acceptors (Lipinski definition) is 4. The van der Waals surface area contributed by atoms with Crippen molar-refractivity contribution in [2.24, 2.45) is 0 Å². The second-order valence-electron chi connectivity index (χ2n) is 6.47. The van der Waals surface area contributed by atoms with Crippen LogP contribution in [0, 0.1) is 0 Å². The van der Waals surface area contributed by atoms with Crippen molar-refractivity contribution in [3.05, 3.63) is 93.3 Å². The molecular weight excluding hydrogens is 392 g/mol. The number of halogens is 1. The van der Waals surface area contributed by atoms with Crippen LogP contribution in [-0.2, 0) is 16.1 Å². The van der Waals surface area contributed by atoms with Gasteiger partial charge in [0, 0.05) is 23.5 Å². The average molecular weight is 409 g/mol. The van der Waals surface area contributed by atoms with Crippen LogP contribution >= 0.6 is 22.9 Å². The number of carbonyl (C=O) groups is 2. The Kier molecular flexibility index (Phi) is 5.03. The number of likely N-dealkylation sites (N-methyl/N-ethyl adjacent to an activating group) is 1. The summed E-state index contributed by atoms with van der Waals surface area (Å²) in [6, 6.07) is 20.4. The van der Waals surface area contributed by atoms with E-state index in [-0.39, 0.29) is 11.8 Å². The van der Waals surface area contributed by atoms with Crippen molar-refractivity contribution in [2.75, 3.05) is 11.9 Å². The van der Waals surface area contributed by atoms with E-state index in [0.717, 1.165) is 10.4 Å². The number of amides is 2. The molecule has 140 valence electrons. The zero-order valence-corrected chi connectivity index (χ0v) is 16.7. The van der Waals surface area contributed by atoms with Crippen molar-refractivity contribution in [1.82, 2.24) is 4.90 Å². The lowest BCUT2D eigenvalue weighted by atomic mass is 10.1. The monoisotopic (exact) mass is 408 g/mol. The number of imide groups is 1. The van der Waals surface area contributed by atoms with Crippen molar-refractivity contribution in [1.29, 1.82) is 0 Å². The minimum atomic E-state index is -0.339. The Balaban J connectivity index is 1.77. The van der Waals surface area contributed by atoms with E-state index in [4.69, 9.17) is 11.6 Å². The average Bonchev–Trinajstić information content (AvgIpc) is 3.28. The van der Waals surface area contributed by atoms with Gasteiger partial charge in [-0.25, -0.2) is 4.90 Å². The highest BCUT2D eigenvalue weighted by atomic mass is 35.5. The van der Waals surface area contributed by atoms with Crippen molar-refractivity contribution < 1.29 is 9.59 Å². The first-order valence-electron chi connectivity index (χ1n) is 8.74. The van der Waals surface area contributed by atoms with E-state index < -0.39 is 0 Å². The maximum atomic E-state index is 13.3. The predicted molar refractivity (Wildman–Crippen MR) is 113 cm³/mol. The second-order valence-corrected chi connectivity index (χ2v) is 7.85. The molecule has 0 unspecified atom stereocenters. The Morgan fingerprint density at radius 3 is 2.43 bits per heavy atom. The van der Waals surface area contributed by atoms with Gasteiger partial charge in [0.1, 0.15) is 5.70 Å². The van der Waals surface area contributed by atoms with Crippen LogP contribution in [-0.4, -0.2) is 23.8 Å². The van der Waals surface area contributed by atoms with Crippen LogP contribution in [0.5, 0.6) is 0 Å². The van der Waals surface area contributed by atoms with E-state index in [1.54, 1.807) is 24.3 Å². The fourth-order valence-corrected chi connectivity index (χ4v) is 4.25. The van der Waals surface area contributed by atoms with Crippen molar-refractivity contribution in [3.63, 3.8) is 0 Å². The van der Waals surface area contributed by atoms with E-state index in [1.165, 1.54) is 16.2 Å². The highest BCUT2D eigenvalue weighted by Gasteiger charge is 2.42. The van der Waals surface area contributed by atoms with Crippen LogP contribution in [0.15, 0.2) is 77.8 Å². The minimum Gasteiger partial charge on any atom is -0.365 e. The molecule has 1 aliphatic rings. The van der Waals surface area contributed by atoms with E-state index in [9.17, 15) is 9.59 Å². The molecule has 0 spiro atoms. The maximum absolute atomic E-state index is 13.3. The van der Waals surface area contributed by atoms with Crippen LogP contribution in [0.3, 0.4) is 0 Å². The number of nitrogens with zero attached hydrogens (tertiary/aromatic N) is 2. The van der Waals surface area contributed by atoms with Crippen LogP contribution in [0.25, 0.3) is 5.57 Å². The molecule has 0 saturated heterocycles. The molecule has 1 aromatic heterocycles. The van der Waals surface area contributed by atoms with Crippen LogP contribution < -0.4 is 4.90 Å². The number of hydrogen-bond donors (Lipinski definition) is 0. The fourth-order valence-electron chi connectivity index (χ4n) is 3.30. The standard InChI is InChI=1S/C22H17ClN2O2S/c1-24(14-15-7-3-2-4-8-15)20-19(18-11-6-12-28-18)21(26)25(22(20)27)17-10-5-9-16(23)13-17/h2-13H,14H2,1H3. The van der Waals surface area contributed by atoms with Gasteiger partial charge in [0.2, 0.25) is 0 Å². The molecule has 28 heavy (non-hydrogen) atoms. The summed E-state index contributed by atoms with van der Waals surface area (Å²) < 4.78 is 0. The molecular formula is C22H17ClN2O2S. The van der Waals surface area contributed by atoms with Crippen LogP contribution in [0.1, 0.15) is 10.4 Å². The molecule has 0 atom stereocenters. The van der Waals surface area contributed by atoms with E-state index in [0.29, 0.717) is 28.5 Å². The van der Waals surface area contributed by atoms with Gasteiger partial charge in [-0.15, -0.1) is 11.3 Å². The Labute approximate surface area is 172 Å². The summed E-state index contributed by atoms with van der Waals surface area (Å²) in [4.78, 5) is 30.4. The zero-order chi connectivity index (χ0) is 19.7. The maximum Gasteiger partial charge on any atom is 0.282 e. The Bertz CT molecular complexity index is 1060. The van der Waals surface area contributed by atoms with E-state index >= 15 is 0 Å². The van der Waals surface area contributed by atoms with Gasteiger partial charge in [-0.2, -0.15) is 0 Å². The molecule has 0 radical (unpaired) electrons. The first-order valence-corrected chi connectivity index (χ1v) is 9.99. The number of rotatable bonds is 5. The lowest BCUT2D eigenvalue weighted by Gasteiger charge is -2.21. The third kappa shape index (κ3) is 3.35. The predicted octanol–water partition coefficient (Wildman–Crippen LogP) is 4.82. The molecule has 2 aromatic carbocycles. The molecule has 0 aliphatic carbocycles. The molecule has 0 saturated carbocycles. The molecule has 2 amide bonds. The highest BCUT2D eigenvalue weighted by molar-refractivity contribution is 7.11. The number of thiophene rings is 1. The van der Waals surface area contributed by atoms with Crippen LogP contribution in [0.4, 0.5) is 5.69 Å². The Morgan fingerprint density at radius 2 is 1.75 bits per heavy atom. The van der Waals surface area contributed by atoms with Crippen LogP contribution in [0.2, 0.25) is 5.02 Å². The van der Waals surface area contributed by atoms with Crippen molar-refractivity contribution in [2.45, 2.75) is 6.54 Å². The summed E-state index contributed by atoms with van der Waals surface area (Å²) in [5.74, 6) is -0.668. The molecule has 0 bridgehead atoms. The quantitative estimate of drug-likeness (QED) is 0.568. The summed E-state index contributed by atoms with van der Waals surface area (Å²) in [6.07, 6.45) is 0. The molecule has 4 nitrogen and oxygen atoms in total. The lowest BCUT2D eigenvalue weighted by Crippen LogP contribution is -2.34. The molecule has 0 N–H and O–H groups in total. The molecule has 4 rings (SSSR count). The smallest absolute Gasteiger partial charge is 0.282 e. The minimum absolute atomic E-state index is 0.329. The van der Waals surface area contributed by atoms with Gasteiger partial charge in [-0.3, -0.25) is 9.59 Å². The number of anilines is 1. The largest absolute Gasteiger partial charge is 0.365 e. The van der Waals surface area contributed by atoms with Gasteiger partial charge >= 0.3 is 0 Å².